The van der Waals surface area contributed by atoms with Crippen molar-refractivity contribution in [3.63, 3.8) is 0 Å². The number of ether oxygens (including phenoxy) is 2. The molecule has 0 aromatic heterocycles. The molecule has 0 saturated carbocycles. The first-order valence-corrected chi connectivity index (χ1v) is 5.58. The number of nitrogens with zero attached hydrogens (tertiary/aromatic N) is 2. The molecule has 0 aliphatic carbocycles. The molecular formula is C13H12N2O5. The predicted octanol–water partition coefficient (Wildman–Crippen LogP) is 0.704. The molecule has 0 aliphatic heterocycles. The zero-order valence-electron chi connectivity index (χ0n) is 10.9. The van der Waals surface area contributed by atoms with Crippen molar-refractivity contribution in [3.8, 4) is 0 Å². The van der Waals surface area contributed by atoms with E-state index < -0.39 is 29.5 Å². The van der Waals surface area contributed by atoms with E-state index in [2.05, 4.69) is 9.53 Å². The number of carbonyl (C=O) groups excluding carboxylic acids is 3. The summed E-state index contributed by atoms with van der Waals surface area (Å²) >= 11 is 0. The maximum Gasteiger partial charge on any atom is 0.441 e. The number of esters is 2. The summed E-state index contributed by atoms with van der Waals surface area (Å²) in [5, 5.41) is 0. The fourth-order valence-electron chi connectivity index (χ4n) is 1.40. The SMILES string of the molecule is COC(=O)[C@@H](OC(=O)C(=[N+]=[N-])C(C)=O)c1ccccc1. The Morgan fingerprint density at radius 1 is 1.20 bits per heavy atom. The molecule has 0 N–H and O–H groups in total. The molecule has 0 radical (unpaired) electrons. The van der Waals surface area contributed by atoms with Crippen LogP contribution in [0, 0.1) is 0 Å². The second-order valence-electron chi connectivity index (χ2n) is 3.72. The summed E-state index contributed by atoms with van der Waals surface area (Å²) in [6.07, 6.45) is -1.34. The summed E-state index contributed by atoms with van der Waals surface area (Å²) in [7, 11) is 1.14. The van der Waals surface area contributed by atoms with Crippen LogP contribution in [0.4, 0.5) is 0 Å². The summed E-state index contributed by atoms with van der Waals surface area (Å²) in [6, 6.07) is 8.11. The second-order valence-corrected chi connectivity index (χ2v) is 3.72. The Bertz CT molecular complexity index is 576. The third kappa shape index (κ3) is 3.60. The zero-order valence-corrected chi connectivity index (χ0v) is 10.9. The molecule has 0 heterocycles. The highest BCUT2D eigenvalue weighted by Gasteiger charge is 2.34. The van der Waals surface area contributed by atoms with Crippen LogP contribution >= 0.6 is 0 Å². The molecule has 0 saturated heterocycles. The number of ketones is 1. The van der Waals surface area contributed by atoms with Gasteiger partial charge in [-0.25, -0.2) is 9.59 Å². The molecule has 0 spiro atoms. The summed E-state index contributed by atoms with van der Waals surface area (Å²) in [4.78, 5) is 36.9. The van der Waals surface area contributed by atoms with Crippen LogP contribution < -0.4 is 0 Å². The van der Waals surface area contributed by atoms with E-state index in [0.717, 1.165) is 14.0 Å². The molecule has 1 aromatic rings. The molecule has 7 nitrogen and oxygen atoms in total. The fourth-order valence-corrected chi connectivity index (χ4v) is 1.40. The quantitative estimate of drug-likeness (QED) is 0.259. The largest absolute Gasteiger partial charge is 0.466 e. The molecule has 104 valence electrons. The van der Waals surface area contributed by atoms with Gasteiger partial charge in [0.2, 0.25) is 11.9 Å². The molecule has 0 aliphatic rings. The average molecular weight is 276 g/mol. The Labute approximate surface area is 114 Å². The van der Waals surface area contributed by atoms with Gasteiger partial charge in [-0.2, -0.15) is 4.79 Å². The van der Waals surface area contributed by atoms with Gasteiger partial charge in [0.15, 0.2) is 0 Å². The molecule has 1 rings (SSSR count). The van der Waals surface area contributed by atoms with Crippen LogP contribution in [0.1, 0.15) is 18.6 Å². The summed E-state index contributed by atoms with van der Waals surface area (Å²) in [6.45, 7) is 1.03. The lowest BCUT2D eigenvalue weighted by Crippen LogP contribution is -2.30. The van der Waals surface area contributed by atoms with Crippen LogP contribution in [-0.4, -0.2) is 35.3 Å². The van der Waals surface area contributed by atoms with E-state index in [4.69, 9.17) is 10.3 Å². The van der Waals surface area contributed by atoms with Gasteiger partial charge in [-0.3, -0.25) is 4.79 Å². The second kappa shape index (κ2) is 6.96. The highest BCUT2D eigenvalue weighted by molar-refractivity contribution is 6.61. The van der Waals surface area contributed by atoms with Crippen molar-refractivity contribution in [1.29, 1.82) is 0 Å². The maximum atomic E-state index is 11.7. The first kappa shape index (κ1) is 15.3. The predicted molar refractivity (Wildman–Crippen MR) is 66.6 cm³/mol. The molecule has 0 fully saturated rings. The van der Waals surface area contributed by atoms with Gasteiger partial charge >= 0.3 is 17.7 Å². The Kier molecular flexibility index (Phi) is 5.31. The van der Waals surface area contributed by atoms with Crippen molar-refractivity contribution in [2.75, 3.05) is 7.11 Å². The minimum atomic E-state index is -1.34. The van der Waals surface area contributed by atoms with Crippen molar-refractivity contribution >= 4 is 23.4 Å². The summed E-state index contributed by atoms with van der Waals surface area (Å²) in [5.41, 5.74) is 8.17. The summed E-state index contributed by atoms with van der Waals surface area (Å²) in [5.74, 6) is -2.81. The van der Waals surface area contributed by atoms with Gasteiger partial charge in [0.1, 0.15) is 0 Å². The number of hydrogen-bond acceptors (Lipinski definition) is 5. The van der Waals surface area contributed by atoms with Crippen LogP contribution in [0.3, 0.4) is 0 Å². The third-order valence-corrected chi connectivity index (χ3v) is 2.37. The Morgan fingerprint density at radius 2 is 1.80 bits per heavy atom. The standard InChI is InChI=1S/C13H12N2O5/c1-8(16)10(15-14)12(17)20-11(13(18)19-2)9-6-4-3-5-7-9/h3-7,11H,1-2H3/t11-/m0/s1. The van der Waals surface area contributed by atoms with E-state index in [-0.39, 0.29) is 0 Å². The Balaban J connectivity index is 3.04. The van der Waals surface area contributed by atoms with Gasteiger partial charge in [0, 0.05) is 12.5 Å². The topological polar surface area (TPSA) is 106 Å². The van der Waals surface area contributed by atoms with Crippen LogP contribution in [0.25, 0.3) is 5.53 Å². The molecule has 20 heavy (non-hydrogen) atoms. The van der Waals surface area contributed by atoms with E-state index in [0.29, 0.717) is 5.56 Å². The number of hydrogen-bond donors (Lipinski definition) is 0. The molecule has 0 bridgehead atoms. The van der Waals surface area contributed by atoms with E-state index in [1.54, 1.807) is 30.3 Å². The lowest BCUT2D eigenvalue weighted by atomic mass is 10.1. The van der Waals surface area contributed by atoms with Crippen LogP contribution in [0.5, 0.6) is 0 Å². The van der Waals surface area contributed by atoms with Crippen LogP contribution in [0.2, 0.25) is 0 Å². The fraction of sp³-hybridized carbons (Fsp3) is 0.231. The summed E-state index contributed by atoms with van der Waals surface area (Å²) < 4.78 is 9.42. The van der Waals surface area contributed by atoms with Crippen molar-refractivity contribution in [1.82, 2.24) is 0 Å². The lowest BCUT2D eigenvalue weighted by molar-refractivity contribution is -0.164. The van der Waals surface area contributed by atoms with Crippen molar-refractivity contribution in [3.05, 3.63) is 41.4 Å². The molecule has 1 aromatic carbocycles. The van der Waals surface area contributed by atoms with Gasteiger partial charge in [-0.15, -0.1) is 0 Å². The van der Waals surface area contributed by atoms with Crippen molar-refractivity contribution in [2.45, 2.75) is 13.0 Å². The van der Waals surface area contributed by atoms with E-state index in [1.807, 2.05) is 0 Å². The number of methoxy groups -OCH3 is 1. The number of carbonyl (C=O) groups is 3. The molecule has 1 atom stereocenters. The minimum absolute atomic E-state index is 0.369. The number of Topliss-reactive ketones (excluding diaryl/α,β-unsaturated/α-hetero) is 1. The normalized spacial score (nSPS) is 10.9. The number of rotatable bonds is 5. The highest BCUT2D eigenvalue weighted by Crippen LogP contribution is 2.19. The van der Waals surface area contributed by atoms with Gasteiger partial charge in [-0.05, 0) is 0 Å². The van der Waals surface area contributed by atoms with E-state index >= 15 is 0 Å². The van der Waals surface area contributed by atoms with Crippen LogP contribution in [-0.2, 0) is 23.9 Å². The van der Waals surface area contributed by atoms with Gasteiger partial charge in [0.05, 0.1) is 7.11 Å². The number of benzene rings is 1. The van der Waals surface area contributed by atoms with Crippen molar-refractivity contribution in [2.24, 2.45) is 0 Å². The van der Waals surface area contributed by atoms with Crippen LogP contribution in [0.15, 0.2) is 30.3 Å². The highest BCUT2D eigenvalue weighted by atomic mass is 16.6. The average Bonchev–Trinajstić information content (AvgIpc) is 2.45. The Morgan fingerprint density at radius 3 is 2.25 bits per heavy atom. The van der Waals surface area contributed by atoms with E-state index in [1.165, 1.54) is 0 Å². The first-order chi connectivity index (χ1) is 9.51. The molecule has 0 unspecified atom stereocenters. The zero-order chi connectivity index (χ0) is 15.1. The molecule has 0 amide bonds. The van der Waals surface area contributed by atoms with Gasteiger partial charge in [-0.1, -0.05) is 30.3 Å². The maximum absolute atomic E-state index is 11.7. The minimum Gasteiger partial charge on any atom is -0.466 e. The van der Waals surface area contributed by atoms with Gasteiger partial charge < -0.3 is 15.0 Å². The molecular weight excluding hydrogens is 264 g/mol. The van der Waals surface area contributed by atoms with E-state index in [9.17, 15) is 14.4 Å². The van der Waals surface area contributed by atoms with Gasteiger partial charge in [0.25, 0.3) is 0 Å². The first-order valence-electron chi connectivity index (χ1n) is 5.58. The monoisotopic (exact) mass is 276 g/mol. The smallest absolute Gasteiger partial charge is 0.441 e. The molecule has 7 heteroatoms. The third-order valence-electron chi connectivity index (χ3n) is 2.37. The van der Waals surface area contributed by atoms with Crippen molar-refractivity contribution < 1.29 is 28.6 Å². The lowest BCUT2D eigenvalue weighted by Gasteiger charge is -2.14. The Hall–Kier alpha value is -2.79.